The topological polar surface area (TPSA) is 24.9 Å². The lowest BCUT2D eigenvalue weighted by Crippen LogP contribution is -2.02. The van der Waals surface area contributed by atoms with Crippen LogP contribution in [0, 0.1) is 0 Å². The third kappa shape index (κ3) is 3.36. The molecule has 18 heavy (non-hydrogen) atoms. The average molecular weight is 283 g/mol. The van der Waals surface area contributed by atoms with Crippen molar-refractivity contribution >= 4 is 38.8 Å². The second-order valence-electron chi connectivity index (χ2n) is 4.46. The zero-order valence-corrected chi connectivity index (χ0v) is 12.3. The maximum absolute atomic E-state index is 6.22. The van der Waals surface area contributed by atoms with E-state index in [2.05, 4.69) is 17.2 Å². The van der Waals surface area contributed by atoms with Gasteiger partial charge in [0.1, 0.15) is 5.52 Å². The molecule has 0 amide bonds. The highest BCUT2D eigenvalue weighted by molar-refractivity contribution is 7.16. The molecule has 0 atom stereocenters. The summed E-state index contributed by atoms with van der Waals surface area (Å²) in [7, 11) is 0. The monoisotopic (exact) mass is 282 g/mol. The highest BCUT2D eigenvalue weighted by Crippen LogP contribution is 2.32. The summed E-state index contributed by atoms with van der Waals surface area (Å²) in [6.45, 7) is 3.21. The van der Waals surface area contributed by atoms with Crippen molar-refractivity contribution in [3.05, 3.63) is 22.7 Å². The van der Waals surface area contributed by atoms with E-state index in [0.717, 1.165) is 22.8 Å². The lowest BCUT2D eigenvalue weighted by atomic mass is 10.1. The van der Waals surface area contributed by atoms with Gasteiger partial charge in [0.25, 0.3) is 0 Å². The van der Waals surface area contributed by atoms with Crippen LogP contribution in [0.5, 0.6) is 0 Å². The maximum Gasteiger partial charge on any atom is 0.106 e. The molecular weight excluding hydrogens is 264 g/mol. The molecule has 0 fully saturated rings. The number of hydrogen-bond donors (Lipinski definition) is 1. The van der Waals surface area contributed by atoms with Gasteiger partial charge in [0.15, 0.2) is 0 Å². The summed E-state index contributed by atoms with van der Waals surface area (Å²) in [4.78, 5) is 4.38. The van der Waals surface area contributed by atoms with Crippen molar-refractivity contribution in [1.29, 1.82) is 0 Å². The first-order valence-electron chi connectivity index (χ1n) is 6.58. The van der Waals surface area contributed by atoms with Crippen LogP contribution in [0.4, 0.5) is 5.69 Å². The van der Waals surface area contributed by atoms with E-state index >= 15 is 0 Å². The molecule has 0 radical (unpaired) electrons. The van der Waals surface area contributed by atoms with E-state index in [1.54, 1.807) is 11.3 Å². The Morgan fingerprint density at radius 3 is 2.89 bits per heavy atom. The number of rotatable bonds is 7. The first-order valence-corrected chi connectivity index (χ1v) is 7.84. The predicted octanol–water partition coefficient (Wildman–Crippen LogP) is 5.33. The van der Waals surface area contributed by atoms with E-state index in [9.17, 15) is 0 Å². The molecule has 1 aromatic heterocycles. The van der Waals surface area contributed by atoms with Gasteiger partial charge in [0, 0.05) is 6.54 Å². The normalized spacial score (nSPS) is 11.0. The number of benzene rings is 1. The third-order valence-electron chi connectivity index (χ3n) is 3.03. The number of nitrogens with zero attached hydrogens (tertiary/aromatic N) is 1. The Hall–Kier alpha value is -0.800. The molecule has 1 heterocycles. The molecule has 2 nitrogen and oxygen atoms in total. The van der Waals surface area contributed by atoms with Crippen LogP contribution < -0.4 is 5.32 Å². The summed E-state index contributed by atoms with van der Waals surface area (Å²) in [5.41, 5.74) is 3.86. The summed E-state index contributed by atoms with van der Waals surface area (Å²) in [5.74, 6) is 0. The highest BCUT2D eigenvalue weighted by atomic mass is 35.5. The molecular formula is C14H19ClN2S. The molecule has 0 aliphatic rings. The molecule has 98 valence electrons. The number of unbranched alkanes of at least 4 members (excludes halogenated alkanes) is 4. The van der Waals surface area contributed by atoms with Crippen molar-refractivity contribution in [2.45, 2.75) is 39.0 Å². The average Bonchev–Trinajstić information content (AvgIpc) is 2.84. The fraction of sp³-hybridized carbons (Fsp3) is 0.500. The standard InChI is InChI=1S/C14H19ClN2S/c1-2-3-4-5-6-9-16-13-11(15)7-8-12-14(13)17-10-18-12/h7-8,10,16H,2-6,9H2,1H3. The van der Waals surface area contributed by atoms with E-state index in [1.807, 2.05) is 17.6 Å². The predicted molar refractivity (Wildman–Crippen MR) is 81.9 cm³/mol. The van der Waals surface area contributed by atoms with Gasteiger partial charge in [-0.05, 0) is 18.6 Å². The van der Waals surface area contributed by atoms with Gasteiger partial charge in [-0.1, -0.05) is 44.2 Å². The smallest absolute Gasteiger partial charge is 0.106 e. The quantitative estimate of drug-likeness (QED) is 0.694. The number of thiazole rings is 1. The SMILES string of the molecule is CCCCCCCNc1c(Cl)ccc2scnc12. The van der Waals surface area contributed by atoms with Crippen LogP contribution in [0.1, 0.15) is 39.0 Å². The Kier molecular flexibility index (Phi) is 5.26. The summed E-state index contributed by atoms with van der Waals surface area (Å²) < 4.78 is 1.19. The van der Waals surface area contributed by atoms with Crippen LogP contribution in [0.15, 0.2) is 17.6 Å². The van der Waals surface area contributed by atoms with Crippen LogP contribution in [0.2, 0.25) is 5.02 Å². The van der Waals surface area contributed by atoms with Crippen molar-refractivity contribution in [2.75, 3.05) is 11.9 Å². The summed E-state index contributed by atoms with van der Waals surface area (Å²) >= 11 is 7.88. The molecule has 1 aromatic carbocycles. The lowest BCUT2D eigenvalue weighted by molar-refractivity contribution is 0.645. The minimum absolute atomic E-state index is 0.766. The molecule has 0 unspecified atom stereocenters. The third-order valence-corrected chi connectivity index (χ3v) is 4.14. The molecule has 0 bridgehead atoms. The first-order chi connectivity index (χ1) is 8.83. The van der Waals surface area contributed by atoms with E-state index in [4.69, 9.17) is 11.6 Å². The van der Waals surface area contributed by atoms with Crippen LogP contribution in [0.3, 0.4) is 0 Å². The summed E-state index contributed by atoms with van der Waals surface area (Å²) in [6, 6.07) is 3.98. The van der Waals surface area contributed by atoms with Gasteiger partial charge >= 0.3 is 0 Å². The molecule has 2 aromatic rings. The van der Waals surface area contributed by atoms with Crippen molar-refractivity contribution < 1.29 is 0 Å². The number of fused-ring (bicyclic) bond motifs is 1. The first kappa shape index (κ1) is 13.6. The molecule has 1 N–H and O–H groups in total. The largest absolute Gasteiger partial charge is 0.382 e. The van der Waals surface area contributed by atoms with E-state index in [-0.39, 0.29) is 0 Å². The Morgan fingerprint density at radius 1 is 1.22 bits per heavy atom. The second-order valence-corrected chi connectivity index (χ2v) is 5.76. The molecule has 0 aliphatic carbocycles. The van der Waals surface area contributed by atoms with E-state index in [0.29, 0.717) is 0 Å². The molecule has 0 spiro atoms. The Morgan fingerprint density at radius 2 is 2.06 bits per heavy atom. The van der Waals surface area contributed by atoms with Crippen LogP contribution in [-0.2, 0) is 0 Å². The second kappa shape index (κ2) is 6.95. The number of anilines is 1. The summed E-state index contributed by atoms with van der Waals surface area (Å²) in [5, 5.41) is 4.20. The number of aromatic nitrogens is 1. The zero-order valence-electron chi connectivity index (χ0n) is 10.7. The molecule has 4 heteroatoms. The van der Waals surface area contributed by atoms with Crippen molar-refractivity contribution in [2.24, 2.45) is 0 Å². The van der Waals surface area contributed by atoms with Gasteiger partial charge in [-0.3, -0.25) is 0 Å². The number of halogens is 1. The highest BCUT2D eigenvalue weighted by Gasteiger charge is 2.07. The molecule has 0 aliphatic heterocycles. The van der Waals surface area contributed by atoms with Crippen LogP contribution in [0.25, 0.3) is 10.2 Å². The minimum Gasteiger partial charge on any atom is -0.382 e. The molecule has 2 rings (SSSR count). The van der Waals surface area contributed by atoms with Crippen molar-refractivity contribution in [3.63, 3.8) is 0 Å². The van der Waals surface area contributed by atoms with Crippen molar-refractivity contribution in [1.82, 2.24) is 4.98 Å². The van der Waals surface area contributed by atoms with E-state index < -0.39 is 0 Å². The van der Waals surface area contributed by atoms with Gasteiger partial charge in [-0.2, -0.15) is 0 Å². The Bertz CT molecular complexity index is 495. The Balaban J connectivity index is 1.90. The minimum atomic E-state index is 0.766. The van der Waals surface area contributed by atoms with Crippen molar-refractivity contribution in [3.8, 4) is 0 Å². The van der Waals surface area contributed by atoms with Gasteiger partial charge in [-0.25, -0.2) is 4.98 Å². The van der Waals surface area contributed by atoms with Gasteiger partial charge in [0.05, 0.1) is 20.9 Å². The molecule has 0 saturated carbocycles. The lowest BCUT2D eigenvalue weighted by Gasteiger charge is -2.09. The molecule has 0 saturated heterocycles. The van der Waals surface area contributed by atoms with Gasteiger partial charge in [-0.15, -0.1) is 11.3 Å². The van der Waals surface area contributed by atoms with Crippen LogP contribution >= 0.6 is 22.9 Å². The van der Waals surface area contributed by atoms with Gasteiger partial charge in [0.2, 0.25) is 0 Å². The maximum atomic E-state index is 6.22. The summed E-state index contributed by atoms with van der Waals surface area (Å²) in [6.07, 6.45) is 6.43. The Labute approximate surface area is 117 Å². The van der Waals surface area contributed by atoms with Gasteiger partial charge < -0.3 is 5.32 Å². The number of hydrogen-bond acceptors (Lipinski definition) is 3. The zero-order chi connectivity index (χ0) is 12.8. The van der Waals surface area contributed by atoms with Crippen LogP contribution in [-0.4, -0.2) is 11.5 Å². The fourth-order valence-corrected chi connectivity index (χ4v) is 2.92. The number of nitrogens with one attached hydrogen (secondary N) is 1. The fourth-order valence-electron chi connectivity index (χ4n) is 2.02. The van der Waals surface area contributed by atoms with E-state index in [1.165, 1.54) is 36.8 Å².